The Morgan fingerprint density at radius 2 is 0.964 bits per heavy atom. The van der Waals surface area contributed by atoms with Gasteiger partial charge < -0.3 is 4.90 Å². The number of hydrogen-bond acceptors (Lipinski definition) is 2. The molecule has 1 spiro atoms. The topological polar surface area (TPSA) is 3.24 Å². The fourth-order valence-corrected chi connectivity index (χ4v) is 11.1. The molecule has 0 radical (unpaired) electrons. The molecule has 10 aromatic rings. The van der Waals surface area contributed by atoms with Gasteiger partial charge >= 0.3 is 0 Å². The van der Waals surface area contributed by atoms with Gasteiger partial charge in [0, 0.05) is 31.4 Å². The monoisotopic (exact) mass is 715 g/mol. The average molecular weight is 716 g/mol. The van der Waals surface area contributed by atoms with Crippen molar-refractivity contribution >= 4 is 59.3 Å². The van der Waals surface area contributed by atoms with E-state index in [-0.39, 0.29) is 0 Å². The third-order valence-electron chi connectivity index (χ3n) is 12.1. The van der Waals surface area contributed by atoms with Gasteiger partial charge in [-0.1, -0.05) is 164 Å². The van der Waals surface area contributed by atoms with Gasteiger partial charge in [-0.05, 0) is 97.2 Å². The molecule has 2 aliphatic carbocycles. The molecule has 0 saturated heterocycles. The fourth-order valence-electron chi connectivity index (χ4n) is 9.93. The third kappa shape index (κ3) is 4.18. The molecule has 0 unspecified atom stereocenters. The Labute approximate surface area is 324 Å². The van der Waals surface area contributed by atoms with Crippen molar-refractivity contribution in [3.63, 3.8) is 0 Å². The van der Waals surface area contributed by atoms with Crippen LogP contribution < -0.4 is 4.90 Å². The molecule has 0 saturated carbocycles. The molecule has 0 atom stereocenters. The summed E-state index contributed by atoms with van der Waals surface area (Å²) in [5.41, 5.74) is 16.1. The molecule has 256 valence electrons. The standard InChI is InChI=1S/C53H33NS/c1-2-16-35(17-3-1)51-37-18-5-4-15-34(37)29-32-48(51)54(47-26-14-28-50-52(47)42-22-9-13-27-49(42)55-50)36-30-31-41-40-21-8-12-25-45(40)53(46(41)33-36)43-23-10-6-19-38(43)39-20-7-11-24-44(39)53/h1-33H. The van der Waals surface area contributed by atoms with E-state index in [2.05, 4.69) is 205 Å². The molecule has 0 aliphatic heterocycles. The van der Waals surface area contributed by atoms with Gasteiger partial charge in [0.15, 0.2) is 0 Å². The van der Waals surface area contributed by atoms with E-state index in [0.29, 0.717) is 0 Å². The molecule has 0 amide bonds. The van der Waals surface area contributed by atoms with Gasteiger partial charge in [-0.25, -0.2) is 0 Å². The lowest BCUT2D eigenvalue weighted by Gasteiger charge is -2.33. The second-order valence-electron chi connectivity index (χ2n) is 14.7. The summed E-state index contributed by atoms with van der Waals surface area (Å²) in [6.07, 6.45) is 0. The maximum absolute atomic E-state index is 2.56. The van der Waals surface area contributed by atoms with Gasteiger partial charge in [-0.3, -0.25) is 0 Å². The van der Waals surface area contributed by atoms with Gasteiger partial charge in [-0.2, -0.15) is 0 Å². The largest absolute Gasteiger partial charge is 0.309 e. The van der Waals surface area contributed by atoms with E-state index in [1.807, 2.05) is 11.3 Å². The molecule has 0 N–H and O–H groups in total. The van der Waals surface area contributed by atoms with E-state index in [9.17, 15) is 0 Å². The fraction of sp³-hybridized carbons (Fsp3) is 0.0189. The second-order valence-corrected chi connectivity index (χ2v) is 15.8. The molecule has 9 aromatic carbocycles. The first-order chi connectivity index (χ1) is 27.3. The van der Waals surface area contributed by atoms with Crippen LogP contribution in [-0.2, 0) is 5.41 Å². The molecule has 12 rings (SSSR count). The highest BCUT2D eigenvalue weighted by atomic mass is 32.1. The van der Waals surface area contributed by atoms with Crippen LogP contribution in [0.5, 0.6) is 0 Å². The van der Waals surface area contributed by atoms with Crippen LogP contribution in [0.25, 0.3) is 64.3 Å². The van der Waals surface area contributed by atoms with Gasteiger partial charge in [-0.15, -0.1) is 11.3 Å². The van der Waals surface area contributed by atoms with Gasteiger partial charge in [0.05, 0.1) is 16.8 Å². The summed E-state index contributed by atoms with van der Waals surface area (Å²) >= 11 is 1.87. The molecule has 1 nitrogen and oxygen atoms in total. The first-order valence-electron chi connectivity index (χ1n) is 19.0. The SMILES string of the molecule is c1ccc(-c2c(N(c3ccc4c(c3)C3(c5ccccc5-c5ccccc53)c3ccccc3-4)c3cccc4sc5ccccc5c34)ccc3ccccc23)cc1. The maximum atomic E-state index is 2.56. The number of hydrogen-bond donors (Lipinski definition) is 0. The average Bonchev–Trinajstić information content (AvgIpc) is 3.88. The Bertz CT molecular complexity index is 3110. The molecule has 55 heavy (non-hydrogen) atoms. The van der Waals surface area contributed by atoms with Crippen molar-refractivity contribution in [2.75, 3.05) is 4.90 Å². The van der Waals surface area contributed by atoms with Crippen molar-refractivity contribution < 1.29 is 0 Å². The molecule has 1 aromatic heterocycles. The molecule has 0 fully saturated rings. The number of fused-ring (bicyclic) bond motifs is 14. The third-order valence-corrected chi connectivity index (χ3v) is 13.2. The van der Waals surface area contributed by atoms with Crippen molar-refractivity contribution in [3.05, 3.63) is 222 Å². The van der Waals surface area contributed by atoms with E-state index >= 15 is 0 Å². The van der Waals surface area contributed by atoms with Crippen LogP contribution in [0.3, 0.4) is 0 Å². The quantitative estimate of drug-likeness (QED) is 0.175. The summed E-state index contributed by atoms with van der Waals surface area (Å²) in [5, 5.41) is 5.04. The predicted octanol–water partition coefficient (Wildman–Crippen LogP) is 14.7. The summed E-state index contributed by atoms with van der Waals surface area (Å²) in [6, 6.07) is 74.6. The van der Waals surface area contributed by atoms with Crippen molar-refractivity contribution in [2.45, 2.75) is 5.41 Å². The number of rotatable bonds is 4. The minimum Gasteiger partial charge on any atom is -0.309 e. The van der Waals surface area contributed by atoms with Crippen LogP contribution in [0.15, 0.2) is 200 Å². The Kier molecular flexibility index (Phi) is 6.49. The zero-order chi connectivity index (χ0) is 36.1. The van der Waals surface area contributed by atoms with E-state index in [4.69, 9.17) is 0 Å². The van der Waals surface area contributed by atoms with E-state index in [1.54, 1.807) is 0 Å². The van der Waals surface area contributed by atoms with E-state index in [1.165, 1.54) is 92.3 Å². The van der Waals surface area contributed by atoms with Gasteiger partial charge in [0.1, 0.15) is 0 Å². The first-order valence-corrected chi connectivity index (χ1v) is 19.8. The lowest BCUT2D eigenvalue weighted by molar-refractivity contribution is 0.793. The van der Waals surface area contributed by atoms with Gasteiger partial charge in [0.2, 0.25) is 0 Å². The molecule has 2 heteroatoms. The number of nitrogens with zero attached hydrogens (tertiary/aromatic N) is 1. The summed E-state index contributed by atoms with van der Waals surface area (Å²) in [5.74, 6) is 0. The number of benzene rings is 9. The molecule has 2 aliphatic rings. The molecular formula is C53H33NS. The maximum Gasteiger partial charge on any atom is 0.0726 e. The van der Waals surface area contributed by atoms with Crippen molar-refractivity contribution in [2.24, 2.45) is 0 Å². The summed E-state index contributed by atoms with van der Waals surface area (Å²) < 4.78 is 2.59. The molecule has 1 heterocycles. The summed E-state index contributed by atoms with van der Waals surface area (Å²) in [7, 11) is 0. The lowest BCUT2D eigenvalue weighted by atomic mass is 9.70. The van der Waals surface area contributed by atoms with Crippen LogP contribution in [0.4, 0.5) is 17.1 Å². The smallest absolute Gasteiger partial charge is 0.0726 e. The van der Waals surface area contributed by atoms with Crippen LogP contribution in [0.1, 0.15) is 22.3 Å². The molecule has 0 bridgehead atoms. The van der Waals surface area contributed by atoms with Crippen LogP contribution in [0, 0.1) is 0 Å². The normalized spacial score (nSPS) is 13.2. The minimum atomic E-state index is -0.437. The van der Waals surface area contributed by atoms with E-state index in [0.717, 1.165) is 11.4 Å². The first kappa shape index (κ1) is 30.7. The summed E-state index contributed by atoms with van der Waals surface area (Å²) in [6.45, 7) is 0. The van der Waals surface area contributed by atoms with Gasteiger partial charge in [0.25, 0.3) is 0 Å². The zero-order valence-corrected chi connectivity index (χ0v) is 30.7. The zero-order valence-electron chi connectivity index (χ0n) is 29.9. The Morgan fingerprint density at radius 3 is 1.69 bits per heavy atom. The predicted molar refractivity (Wildman–Crippen MR) is 233 cm³/mol. The van der Waals surface area contributed by atoms with Crippen LogP contribution >= 0.6 is 11.3 Å². The van der Waals surface area contributed by atoms with Crippen molar-refractivity contribution in [1.29, 1.82) is 0 Å². The minimum absolute atomic E-state index is 0.437. The van der Waals surface area contributed by atoms with E-state index < -0.39 is 5.41 Å². The second kappa shape index (κ2) is 11.6. The highest BCUT2D eigenvalue weighted by Crippen LogP contribution is 2.63. The number of anilines is 3. The van der Waals surface area contributed by atoms with Crippen molar-refractivity contribution in [3.8, 4) is 33.4 Å². The Morgan fingerprint density at radius 1 is 0.382 bits per heavy atom. The molecular weight excluding hydrogens is 683 g/mol. The highest BCUT2D eigenvalue weighted by Gasteiger charge is 2.51. The van der Waals surface area contributed by atoms with Crippen LogP contribution in [-0.4, -0.2) is 0 Å². The Balaban J connectivity index is 1.22. The van der Waals surface area contributed by atoms with Crippen LogP contribution in [0.2, 0.25) is 0 Å². The Hall–Kier alpha value is -6.74. The highest BCUT2D eigenvalue weighted by molar-refractivity contribution is 7.26. The lowest BCUT2D eigenvalue weighted by Crippen LogP contribution is -2.26. The van der Waals surface area contributed by atoms with Crippen molar-refractivity contribution in [1.82, 2.24) is 0 Å². The number of thiophene rings is 1. The summed E-state index contributed by atoms with van der Waals surface area (Å²) in [4.78, 5) is 2.56.